The van der Waals surface area contributed by atoms with Crippen LogP contribution >= 0.6 is 0 Å². The molecule has 0 atom stereocenters. The van der Waals surface area contributed by atoms with E-state index in [1.807, 2.05) is 36.4 Å². The van der Waals surface area contributed by atoms with Gasteiger partial charge in [-0.25, -0.2) is 0 Å². The minimum atomic E-state index is -4.41. The first kappa shape index (κ1) is 37.2. The smallest absolute Gasteiger partial charge is 0.358 e. The Kier molecular flexibility index (Phi) is 10.6. The van der Waals surface area contributed by atoms with Crippen LogP contribution < -0.4 is 10.4 Å². The second-order valence-electron chi connectivity index (χ2n) is 11.7. The van der Waals surface area contributed by atoms with Gasteiger partial charge in [-0.2, -0.15) is 36.7 Å². The average molecular weight is 724 g/mol. The molecule has 236 valence electrons. The Morgan fingerprint density at radius 2 is 0.848 bits per heavy atom. The molecule has 0 saturated carbocycles. The molecule has 0 aliphatic heterocycles. The molecule has 0 nitrogen and oxygen atoms in total. The summed E-state index contributed by atoms with van der Waals surface area (Å²) in [6.45, 7) is 8.73. The summed E-state index contributed by atoms with van der Waals surface area (Å²) in [6.07, 6.45) is -8.83. The number of halogens is 6. The summed E-state index contributed by atoms with van der Waals surface area (Å²) in [7, 11) is -2.54. The predicted molar refractivity (Wildman–Crippen MR) is 179 cm³/mol. The predicted octanol–water partition coefficient (Wildman–Crippen LogP) is 11.1. The van der Waals surface area contributed by atoms with E-state index in [1.54, 1.807) is 0 Å². The summed E-state index contributed by atoms with van der Waals surface area (Å²) in [5.41, 5.74) is 4.05. The molecular weight excluding hydrogens is 690 g/mol. The van der Waals surface area contributed by atoms with Crippen LogP contribution in [0.3, 0.4) is 0 Å². The van der Waals surface area contributed by atoms with E-state index in [9.17, 15) is 26.3 Å². The fourth-order valence-electron chi connectivity index (χ4n) is 6.84. The van der Waals surface area contributed by atoms with E-state index < -0.39 is 31.6 Å². The summed E-state index contributed by atoms with van der Waals surface area (Å²) < 4.78 is 79.8. The van der Waals surface area contributed by atoms with Crippen molar-refractivity contribution >= 4 is 40.0 Å². The van der Waals surface area contributed by atoms with Gasteiger partial charge in [-0.15, -0.1) is 69.1 Å². The second-order valence-corrected chi connectivity index (χ2v) is 16.0. The average Bonchev–Trinajstić information content (AvgIpc) is 3.48. The third-order valence-corrected chi connectivity index (χ3v) is 12.3. The fourth-order valence-corrected chi connectivity index (χ4v) is 11.0. The first-order chi connectivity index (χ1) is 20.2. The Morgan fingerprint density at radius 1 is 0.522 bits per heavy atom. The van der Waals surface area contributed by atoms with Gasteiger partial charge in [-0.3, -0.25) is 0 Å². The molecule has 0 fully saturated rings. The van der Waals surface area contributed by atoms with Crippen LogP contribution in [-0.2, 0) is 38.6 Å². The molecule has 0 unspecified atom stereocenters. The van der Waals surface area contributed by atoms with E-state index in [1.165, 1.54) is 34.6 Å². The van der Waals surface area contributed by atoms with Gasteiger partial charge in [0.05, 0.1) is 11.1 Å². The molecule has 0 heterocycles. The van der Waals surface area contributed by atoms with Crippen molar-refractivity contribution in [2.45, 2.75) is 39.3 Å². The van der Waals surface area contributed by atoms with Gasteiger partial charge in [0.15, 0.2) is 0 Å². The van der Waals surface area contributed by atoms with Gasteiger partial charge in [0.25, 0.3) is 0 Å². The van der Waals surface area contributed by atoms with Gasteiger partial charge in [-0.05, 0) is 35.4 Å². The number of benzene rings is 4. The maximum Gasteiger partial charge on any atom is 4.00 e. The molecule has 0 aliphatic rings. The molecule has 0 aliphatic carbocycles. The summed E-state index contributed by atoms with van der Waals surface area (Å²) in [4.78, 5) is 0. The molecule has 8 heteroatoms. The zero-order valence-corrected chi connectivity index (χ0v) is 30.0. The third kappa shape index (κ3) is 6.35. The zero-order chi connectivity index (χ0) is 30.9. The minimum Gasteiger partial charge on any atom is -0.358 e. The van der Waals surface area contributed by atoms with Gasteiger partial charge in [-0.1, -0.05) is 74.5 Å². The molecule has 0 amide bonds. The van der Waals surface area contributed by atoms with Gasteiger partial charge in [0.2, 0.25) is 0 Å². The Labute approximate surface area is 286 Å². The van der Waals surface area contributed by atoms with E-state index >= 15 is 0 Å². The Bertz CT molecular complexity index is 1830. The molecule has 6 rings (SSSR count). The van der Waals surface area contributed by atoms with E-state index in [-0.39, 0.29) is 41.1 Å². The first-order valence-corrected chi connectivity index (χ1v) is 16.9. The van der Waals surface area contributed by atoms with Crippen LogP contribution in [0.2, 0.25) is 13.1 Å². The number of hydrogen-bond donors (Lipinski definition) is 0. The summed E-state index contributed by atoms with van der Waals surface area (Å²) in [5.74, 6) is 0. The van der Waals surface area contributed by atoms with E-state index in [0.717, 1.165) is 68.1 Å². The molecule has 0 saturated heterocycles. The van der Waals surface area contributed by atoms with Gasteiger partial charge in [0, 0.05) is 8.07 Å². The second kappa shape index (κ2) is 13.1. The summed E-state index contributed by atoms with van der Waals surface area (Å²) in [6, 6.07) is 26.8. The normalized spacial score (nSPS) is 12.0. The topological polar surface area (TPSA) is 0 Å². The summed E-state index contributed by atoms with van der Waals surface area (Å²) >= 11 is 0. The van der Waals surface area contributed by atoms with Crippen molar-refractivity contribution in [2.24, 2.45) is 0 Å². The molecule has 0 spiro atoms. The van der Waals surface area contributed by atoms with Crippen molar-refractivity contribution < 1.29 is 52.5 Å². The van der Waals surface area contributed by atoms with Gasteiger partial charge in [0.1, 0.15) is 0 Å². The Hall–Kier alpha value is -3.22. The molecule has 6 aromatic rings. The van der Waals surface area contributed by atoms with Gasteiger partial charge < -0.3 is 14.9 Å². The van der Waals surface area contributed by atoms with Crippen molar-refractivity contribution in [1.82, 2.24) is 0 Å². The number of fused-ring (bicyclic) bond motifs is 2. The number of rotatable bonds is 4. The SMILES string of the molecule is Cc1[cH-]c2cccc(-c3ccc(C(F)(F)F)cc3)c2c1[Si](C)(C)c1c(C)[cH-]c2cccc(-c3ccc(C(F)(F)F)cc3)c12.[CH3-].[CH3-].[Zr+4]. The van der Waals surface area contributed by atoms with E-state index in [4.69, 9.17) is 0 Å². The molecule has 0 aromatic heterocycles. The van der Waals surface area contributed by atoms with Crippen LogP contribution in [0.4, 0.5) is 26.3 Å². The van der Waals surface area contributed by atoms with E-state index in [0.29, 0.717) is 11.1 Å². The van der Waals surface area contributed by atoms with E-state index in [2.05, 4.69) is 39.1 Å². The number of alkyl halides is 6. The van der Waals surface area contributed by atoms with Crippen LogP contribution in [0.25, 0.3) is 43.8 Å². The van der Waals surface area contributed by atoms with Crippen LogP contribution in [-0.4, -0.2) is 8.07 Å². The Morgan fingerprint density at radius 3 is 1.15 bits per heavy atom. The largest absolute Gasteiger partial charge is 4.00 e. The molecular formula is C38H34F6SiZr. The quantitative estimate of drug-likeness (QED) is 0.0965. The van der Waals surface area contributed by atoms with Crippen LogP contribution in [0.5, 0.6) is 0 Å². The zero-order valence-electron chi connectivity index (χ0n) is 26.5. The Balaban J connectivity index is 0.00000192. The minimum absolute atomic E-state index is 0. The standard InChI is InChI=1S/C36H28F6Si.2CH3.Zr/c1-21-19-25-7-5-9-29(23-11-15-27(16-12-23)35(37,38)39)31(25)33(21)43(3,4)34-22(2)20-26-8-6-10-30(32(26)34)24-13-17-28(18-14-24)36(40,41)42;;;/h5-20H,1-4H3;2*1H3;/q-2;2*-1;+4. The van der Waals surface area contributed by atoms with Crippen molar-refractivity contribution in [3.05, 3.63) is 134 Å². The maximum atomic E-state index is 13.3. The van der Waals surface area contributed by atoms with Crippen molar-refractivity contribution in [2.75, 3.05) is 0 Å². The number of hydrogen-bond acceptors (Lipinski definition) is 0. The molecule has 46 heavy (non-hydrogen) atoms. The fraction of sp³-hybridized carbons (Fsp3) is 0.158. The maximum absolute atomic E-state index is 13.3. The monoisotopic (exact) mass is 722 g/mol. The third-order valence-electron chi connectivity index (χ3n) is 8.52. The van der Waals surface area contributed by atoms with Crippen molar-refractivity contribution in [3.8, 4) is 22.3 Å². The molecule has 0 radical (unpaired) electrons. The van der Waals surface area contributed by atoms with Crippen molar-refractivity contribution in [1.29, 1.82) is 0 Å². The van der Waals surface area contributed by atoms with Crippen LogP contribution in [0.1, 0.15) is 22.3 Å². The first-order valence-electron chi connectivity index (χ1n) is 13.9. The van der Waals surface area contributed by atoms with Crippen LogP contribution in [0, 0.1) is 28.7 Å². The molecule has 0 bridgehead atoms. The van der Waals surface area contributed by atoms with Crippen LogP contribution in [0.15, 0.2) is 97.1 Å². The van der Waals surface area contributed by atoms with Crippen molar-refractivity contribution in [3.63, 3.8) is 0 Å². The molecule has 6 aromatic carbocycles. The van der Waals surface area contributed by atoms with Gasteiger partial charge >= 0.3 is 38.6 Å². The molecule has 0 N–H and O–H groups in total. The number of aryl methyl sites for hydroxylation is 2. The summed E-state index contributed by atoms with van der Waals surface area (Å²) in [5, 5.41) is 6.55.